The van der Waals surface area contributed by atoms with Crippen molar-refractivity contribution in [3.63, 3.8) is 0 Å². The topological polar surface area (TPSA) is 123 Å². The van der Waals surface area contributed by atoms with Gasteiger partial charge in [-0.15, -0.1) is 0 Å². The minimum absolute atomic E-state index is 0.0155. The third kappa shape index (κ3) is 39.5. The number of ketones is 1. The summed E-state index contributed by atoms with van der Waals surface area (Å²) in [4.78, 5) is 72.7. The van der Waals surface area contributed by atoms with Crippen molar-refractivity contribution in [2.75, 3.05) is 232 Å². The first kappa shape index (κ1) is 113. The molecule has 9 heterocycles. The molecule has 9 fully saturated rings. The molecule has 9 rings (SSSR count). The summed E-state index contributed by atoms with van der Waals surface area (Å²) < 4.78 is 49.6. The molecule has 4 atom stereocenters. The van der Waals surface area contributed by atoms with Gasteiger partial charge in [0.05, 0.1) is 19.1 Å². The van der Waals surface area contributed by atoms with E-state index >= 15 is 0 Å². The van der Waals surface area contributed by atoms with Crippen LogP contribution in [0.4, 0.5) is 13.2 Å². The van der Waals surface area contributed by atoms with Gasteiger partial charge in [0.15, 0.2) is 0 Å². The lowest BCUT2D eigenvalue weighted by atomic mass is 9.86. The van der Waals surface area contributed by atoms with Crippen LogP contribution in [-0.2, 0) is 23.9 Å². The fraction of sp³-hybridized carbons (Fsp3) is 0.957. The second-order valence-corrected chi connectivity index (χ2v) is 49.5. The van der Waals surface area contributed by atoms with Crippen molar-refractivity contribution in [3.8, 4) is 0 Å². The van der Waals surface area contributed by atoms with Crippen molar-refractivity contribution >= 4 is 33.0 Å². The molecule has 4 unspecified atom stereocenters. The summed E-state index contributed by atoms with van der Waals surface area (Å²) in [6.07, 6.45) is -4.13. The van der Waals surface area contributed by atoms with Gasteiger partial charge < -0.3 is 14.7 Å². The summed E-state index contributed by atoms with van der Waals surface area (Å²) in [5.41, 5.74) is 2.43. The van der Waals surface area contributed by atoms with Crippen LogP contribution in [0.3, 0.4) is 0 Å². The van der Waals surface area contributed by atoms with E-state index in [1.807, 2.05) is 51.7 Å². The maximum atomic E-state index is 12.7. The molecular formula is C92H192F3N17O4S. The molecule has 696 valence electrons. The molecule has 0 saturated carbocycles. The molecule has 0 aromatic rings. The van der Waals surface area contributed by atoms with Crippen LogP contribution in [-0.4, -0.2) is 439 Å². The molecule has 9 aliphatic heterocycles. The Morgan fingerprint density at radius 2 is 0.726 bits per heavy atom. The smallest absolute Gasteiger partial charge is 0.343 e. The highest BCUT2D eigenvalue weighted by Crippen LogP contribution is 2.35. The third-order valence-corrected chi connectivity index (χ3v) is 27.9. The first-order chi connectivity index (χ1) is 52.1. The molecule has 0 spiro atoms. The Bertz CT molecular complexity index is 2990. The molecule has 9 aliphatic rings. The average molecular weight is 1690 g/mol. The highest BCUT2D eigenvalue weighted by atomic mass is 32.2. The maximum absolute atomic E-state index is 12.7. The largest absolute Gasteiger partial charge is 0.405 e. The van der Waals surface area contributed by atoms with Gasteiger partial charge in [-0.05, 0) is 314 Å². The van der Waals surface area contributed by atoms with Gasteiger partial charge in [-0.25, -0.2) is 0 Å². The van der Waals surface area contributed by atoms with Gasteiger partial charge >= 0.3 is 6.18 Å². The number of halogens is 3. The van der Waals surface area contributed by atoms with E-state index in [1.54, 1.807) is 11.8 Å². The second kappa shape index (κ2) is 44.3. The van der Waals surface area contributed by atoms with Crippen molar-refractivity contribution < 1.29 is 31.8 Å². The van der Waals surface area contributed by atoms with E-state index in [2.05, 4.69) is 319 Å². The van der Waals surface area contributed by atoms with Gasteiger partial charge in [-0.2, -0.15) is 13.2 Å². The zero-order valence-electron chi connectivity index (χ0n) is 84.9. The predicted molar refractivity (Wildman–Crippen MR) is 499 cm³/mol. The van der Waals surface area contributed by atoms with Crippen LogP contribution in [0.2, 0.25) is 0 Å². The lowest BCUT2D eigenvalue weighted by molar-refractivity contribution is -0.197. The van der Waals surface area contributed by atoms with Crippen LogP contribution >= 0.6 is 0 Å². The first-order valence-electron chi connectivity index (χ1n) is 44.5. The molecule has 25 heteroatoms. The Labute approximate surface area is 721 Å². The summed E-state index contributed by atoms with van der Waals surface area (Å²) in [5.74, 6) is 6.04. The van der Waals surface area contributed by atoms with Crippen LogP contribution in [0.15, 0.2) is 0 Å². The van der Waals surface area contributed by atoms with Gasteiger partial charge in [0.1, 0.15) is 11.8 Å². The number of carbonyl (C=O) groups is 3. The molecule has 0 aromatic heterocycles. The molecule has 0 aliphatic carbocycles. The van der Waals surface area contributed by atoms with E-state index in [9.17, 15) is 31.8 Å². The molecular weight excluding hydrogens is 1500 g/mol. The van der Waals surface area contributed by atoms with Crippen LogP contribution in [0, 0.1) is 0 Å². The Hall–Kier alpha value is -2.18. The Morgan fingerprint density at radius 1 is 0.376 bits per heavy atom. The summed E-state index contributed by atoms with van der Waals surface area (Å²) >= 11 is 0. The van der Waals surface area contributed by atoms with Crippen molar-refractivity contribution in [2.45, 2.75) is 346 Å². The number of hydrogen-bond acceptors (Lipinski definition) is 19. The lowest BCUT2D eigenvalue weighted by Crippen LogP contribution is -2.69. The summed E-state index contributed by atoms with van der Waals surface area (Å²) in [7, 11) is 14.6. The Kier molecular flexibility index (Phi) is 42.7. The normalized spacial score (nSPS) is 26.2. The zero-order chi connectivity index (χ0) is 91.9. The SMILES string of the molecule is C=S1(=O)CCN(C(C)(C)C)CC1.CC(=O)C1CN(C(C)(C)C)CCN1C.CC1CN(C(C)(C)C)CC(C)N1C.CN1C(C)(C)CN(C(C)(C)C)CC1(C)C.CN1CCN(C(C)(C)C)C(=O)C1.CN1CCN(C(C)(C)C)CC1.CN1CCN(C(C)(C)C)CC1(C)C.CN1CCN(C(C)(C)C)CC1=O.CN1CCN(C(C)(C)C)CC1C(F)(F)F. The van der Waals surface area contributed by atoms with Gasteiger partial charge in [-0.3, -0.25) is 87.2 Å². The number of likely N-dealkylation sites (N-methyl/N-ethyl adjacent to an activating group) is 8. The quantitative estimate of drug-likeness (QED) is 0.231. The number of Topliss-reactive ketones (excluding diaryl/α,β-unsaturated/α-hetero) is 1. The highest BCUT2D eigenvalue weighted by Gasteiger charge is 2.48. The van der Waals surface area contributed by atoms with E-state index in [0.29, 0.717) is 60.4 Å². The second-order valence-electron chi connectivity index (χ2n) is 46.7. The molecule has 117 heavy (non-hydrogen) atoms. The van der Waals surface area contributed by atoms with Crippen molar-refractivity contribution in [1.29, 1.82) is 0 Å². The highest BCUT2D eigenvalue weighted by molar-refractivity contribution is 8.00. The van der Waals surface area contributed by atoms with E-state index in [4.69, 9.17) is 0 Å². The van der Waals surface area contributed by atoms with Crippen molar-refractivity contribution in [2.24, 2.45) is 0 Å². The van der Waals surface area contributed by atoms with Crippen LogP contribution in [0.25, 0.3) is 0 Å². The van der Waals surface area contributed by atoms with E-state index in [0.717, 1.165) is 83.5 Å². The fourth-order valence-corrected chi connectivity index (χ4v) is 17.1. The molecule has 0 N–H and O–H groups in total. The van der Waals surface area contributed by atoms with Crippen molar-refractivity contribution in [3.05, 3.63) is 0 Å². The Balaban J connectivity index is 0.000000659. The fourth-order valence-electron chi connectivity index (χ4n) is 15.8. The molecule has 0 bridgehead atoms. The average Bonchev–Trinajstić information content (AvgIpc) is 0.570. The molecule has 2 amide bonds. The van der Waals surface area contributed by atoms with E-state index in [-0.39, 0.29) is 74.5 Å². The summed E-state index contributed by atoms with van der Waals surface area (Å²) in [6.45, 7) is 104. The van der Waals surface area contributed by atoms with Gasteiger partial charge in [0.2, 0.25) is 11.8 Å². The number of nitrogens with zero attached hydrogens (tertiary/aromatic N) is 17. The van der Waals surface area contributed by atoms with Crippen LogP contribution < -0.4 is 0 Å². The molecule has 0 aromatic carbocycles. The lowest BCUT2D eigenvalue weighted by Gasteiger charge is -2.58. The number of alkyl halides is 3. The molecule has 0 radical (unpaired) electrons. The number of amides is 2. The predicted octanol–water partition coefficient (Wildman–Crippen LogP) is 12.1. The van der Waals surface area contributed by atoms with Crippen LogP contribution in [0.1, 0.15) is 249 Å². The zero-order valence-corrected chi connectivity index (χ0v) is 85.7. The van der Waals surface area contributed by atoms with Gasteiger partial charge in [-0.1, -0.05) is 0 Å². The monoisotopic (exact) mass is 1690 g/mol. The number of piperazine rings is 8. The molecule has 9 saturated heterocycles. The minimum Gasteiger partial charge on any atom is -0.343 e. The summed E-state index contributed by atoms with van der Waals surface area (Å²) in [6, 6.07) is 0.124. The first-order valence-corrected chi connectivity index (χ1v) is 46.6. The van der Waals surface area contributed by atoms with Crippen molar-refractivity contribution in [1.82, 2.24) is 83.3 Å². The summed E-state index contributed by atoms with van der Waals surface area (Å²) in [5, 5.41) is 0. The van der Waals surface area contributed by atoms with Gasteiger partial charge in [0.25, 0.3) is 0 Å². The van der Waals surface area contributed by atoms with E-state index < -0.39 is 21.7 Å². The maximum Gasteiger partial charge on any atom is 0.405 e. The van der Waals surface area contributed by atoms with Crippen LogP contribution in [0.5, 0.6) is 0 Å². The van der Waals surface area contributed by atoms with E-state index in [1.165, 1.54) is 70.9 Å². The van der Waals surface area contributed by atoms with Gasteiger partial charge in [0, 0.05) is 248 Å². The Morgan fingerprint density at radius 3 is 1.09 bits per heavy atom. The number of carbonyl (C=O) groups excluding carboxylic acids is 3. The standard InChI is InChI=1S/C13H28N2.C11H22N2O.2C11H24N2.C10H19F3N2.2C9H18N2O.C9H20N2.C9H19NOS/c1-11(2,3)15-9-12(4,5)14(8)13(6,7)10-15;1-9(14)10-8-13(11(2,3)4)7-6-12(10)5;1-9-7-13(11(3,4)5)8-10(2)12(9)6;1-10(2,3)13-8-7-12(6)11(4,5)9-13;1-9(2,3)15-6-5-14(4)8(7-15)10(11,12)13;1-9(2,3)11-6-5-10(4)8(12)7-11;1-9(2,3)11-6-5-10(4)7-8(11)12;1-9(2,3)11-7-5-10(4)6-8-11;1-9(2,3)10-5-7-12(4,11)8-6-10/h9-10H2,1-8H3;10H,6-8H2,1-5H3;9-10H,7-8H2,1-6H3;7-9H2,1-6H3;8H,5-7H2,1-4H3;2*5-7H2,1-4H3;5-8H2,1-4H3;4-8H2,1-3H3. The third-order valence-electron chi connectivity index (χ3n) is 26.0. The minimum atomic E-state index is -4.13. The molecule has 21 nitrogen and oxygen atoms in total. The number of hydrogen-bond donors (Lipinski definition) is 0. The number of rotatable bonds is 1.